The Morgan fingerprint density at radius 2 is 1.74 bits per heavy atom. The van der Waals surface area contributed by atoms with Crippen molar-refractivity contribution in [3.8, 4) is 11.1 Å². The fourth-order valence-corrected chi connectivity index (χ4v) is 2.90. The third-order valence-corrected chi connectivity index (χ3v) is 5.17. The zero-order valence-corrected chi connectivity index (χ0v) is 14.2. The molecule has 0 saturated carbocycles. The van der Waals surface area contributed by atoms with Gasteiger partial charge < -0.3 is 5.32 Å². The minimum absolute atomic E-state index is 0.0222. The van der Waals surface area contributed by atoms with Gasteiger partial charge in [0, 0.05) is 12.3 Å². The van der Waals surface area contributed by atoms with E-state index < -0.39 is 21.5 Å². The number of amides is 1. The lowest BCUT2D eigenvalue weighted by molar-refractivity contribution is -0.118. The van der Waals surface area contributed by atoms with Crippen molar-refractivity contribution in [2.24, 2.45) is 0 Å². The fraction of sp³-hybridized carbons (Fsp3) is 0.278. The van der Waals surface area contributed by atoms with E-state index in [0.29, 0.717) is 6.54 Å². The molecule has 1 amide bonds. The largest absolute Gasteiger partial charge is 0.351 e. The molecule has 0 atom stereocenters. The first-order valence-corrected chi connectivity index (χ1v) is 9.35. The zero-order chi connectivity index (χ0) is 16.9. The predicted octanol–water partition coefficient (Wildman–Crippen LogP) is 2.71. The van der Waals surface area contributed by atoms with Crippen LogP contribution in [0.1, 0.15) is 18.1 Å². The van der Waals surface area contributed by atoms with Gasteiger partial charge in [0.15, 0.2) is 9.84 Å². The molecule has 0 aliphatic rings. The Labute approximate surface area is 137 Å². The number of rotatable bonds is 6. The molecule has 0 radical (unpaired) electrons. The van der Waals surface area contributed by atoms with Crippen LogP contribution < -0.4 is 5.32 Å². The summed E-state index contributed by atoms with van der Waals surface area (Å²) in [5.74, 6) is -0.939. The van der Waals surface area contributed by atoms with Gasteiger partial charge in [-0.05, 0) is 23.6 Å². The quantitative estimate of drug-likeness (QED) is 0.885. The first-order chi connectivity index (χ1) is 10.9. The smallest absolute Gasteiger partial charge is 0.235 e. The lowest BCUT2D eigenvalue weighted by Gasteiger charge is -2.07. The second-order valence-electron chi connectivity index (χ2n) is 5.52. The molecule has 0 fully saturated rings. The highest BCUT2D eigenvalue weighted by Gasteiger charge is 2.13. The van der Waals surface area contributed by atoms with Gasteiger partial charge in [-0.1, -0.05) is 61.0 Å². The van der Waals surface area contributed by atoms with Crippen molar-refractivity contribution in [1.82, 2.24) is 5.32 Å². The zero-order valence-electron chi connectivity index (χ0n) is 13.4. The van der Waals surface area contributed by atoms with Gasteiger partial charge in [-0.15, -0.1) is 0 Å². The van der Waals surface area contributed by atoms with E-state index in [1.807, 2.05) is 30.3 Å². The van der Waals surface area contributed by atoms with Gasteiger partial charge in [-0.25, -0.2) is 8.42 Å². The first kappa shape index (κ1) is 17.2. The molecule has 0 saturated heterocycles. The molecular formula is C18H21NO3S. The molecule has 1 N–H and O–H groups in total. The molecule has 122 valence electrons. The van der Waals surface area contributed by atoms with E-state index in [2.05, 4.69) is 30.4 Å². The Bertz CT molecular complexity index is 780. The molecule has 0 aliphatic heterocycles. The summed E-state index contributed by atoms with van der Waals surface area (Å²) in [4.78, 5) is 11.6. The SMILES string of the molecule is CCS(=O)(=O)CC(=O)NCc1ccc(-c2cccc(C)c2)cc1. The van der Waals surface area contributed by atoms with Crippen LogP contribution in [-0.2, 0) is 21.2 Å². The molecule has 0 aromatic heterocycles. The van der Waals surface area contributed by atoms with Gasteiger partial charge in [0.25, 0.3) is 0 Å². The lowest BCUT2D eigenvalue weighted by atomic mass is 10.0. The standard InChI is InChI=1S/C18H21NO3S/c1-3-23(21,22)13-18(20)19-12-15-7-9-16(10-8-15)17-6-4-5-14(2)11-17/h4-11H,3,12-13H2,1-2H3,(H,19,20). The van der Waals surface area contributed by atoms with Crippen molar-refractivity contribution in [3.63, 3.8) is 0 Å². The van der Waals surface area contributed by atoms with Crippen LogP contribution >= 0.6 is 0 Å². The summed E-state index contributed by atoms with van der Waals surface area (Å²) in [5.41, 5.74) is 4.39. The average molecular weight is 331 g/mol. The number of carbonyl (C=O) groups excluding carboxylic acids is 1. The van der Waals surface area contributed by atoms with E-state index >= 15 is 0 Å². The number of sulfone groups is 1. The minimum Gasteiger partial charge on any atom is -0.351 e. The van der Waals surface area contributed by atoms with E-state index in [1.165, 1.54) is 12.5 Å². The normalized spacial score (nSPS) is 11.2. The van der Waals surface area contributed by atoms with Crippen molar-refractivity contribution < 1.29 is 13.2 Å². The van der Waals surface area contributed by atoms with Gasteiger partial charge in [0.2, 0.25) is 5.91 Å². The van der Waals surface area contributed by atoms with Crippen molar-refractivity contribution in [2.45, 2.75) is 20.4 Å². The number of benzene rings is 2. The van der Waals surface area contributed by atoms with E-state index in [4.69, 9.17) is 0 Å². The van der Waals surface area contributed by atoms with E-state index in [0.717, 1.165) is 16.7 Å². The minimum atomic E-state index is -3.28. The van der Waals surface area contributed by atoms with Crippen LogP contribution in [0.15, 0.2) is 48.5 Å². The third kappa shape index (κ3) is 5.21. The molecule has 0 aliphatic carbocycles. The molecule has 0 heterocycles. The van der Waals surface area contributed by atoms with Crippen LogP contribution in [0, 0.1) is 6.92 Å². The van der Waals surface area contributed by atoms with Crippen molar-refractivity contribution >= 4 is 15.7 Å². The predicted molar refractivity (Wildman–Crippen MR) is 92.8 cm³/mol. The van der Waals surface area contributed by atoms with Crippen LogP contribution in [-0.4, -0.2) is 25.8 Å². The monoisotopic (exact) mass is 331 g/mol. The average Bonchev–Trinajstić information content (AvgIpc) is 2.53. The number of hydrogen-bond acceptors (Lipinski definition) is 3. The molecule has 4 nitrogen and oxygen atoms in total. The third-order valence-electron chi connectivity index (χ3n) is 3.59. The van der Waals surface area contributed by atoms with Crippen LogP contribution in [0.4, 0.5) is 0 Å². The summed E-state index contributed by atoms with van der Waals surface area (Å²) in [7, 11) is -3.28. The first-order valence-electron chi connectivity index (χ1n) is 7.53. The maximum atomic E-state index is 11.6. The van der Waals surface area contributed by atoms with Crippen LogP contribution in [0.2, 0.25) is 0 Å². The van der Waals surface area contributed by atoms with Crippen molar-refractivity contribution in [1.29, 1.82) is 0 Å². The molecular weight excluding hydrogens is 310 g/mol. The summed E-state index contributed by atoms with van der Waals surface area (Å²) in [6.07, 6.45) is 0. The Kier molecular flexibility index (Phi) is 5.55. The summed E-state index contributed by atoms with van der Waals surface area (Å²) in [6.45, 7) is 3.91. The molecule has 2 aromatic carbocycles. The molecule has 0 unspecified atom stereocenters. The summed E-state index contributed by atoms with van der Waals surface area (Å²) < 4.78 is 22.8. The van der Waals surface area contributed by atoms with E-state index in [-0.39, 0.29) is 5.75 Å². The van der Waals surface area contributed by atoms with Crippen LogP contribution in [0.25, 0.3) is 11.1 Å². The highest BCUT2D eigenvalue weighted by Crippen LogP contribution is 2.20. The van der Waals surface area contributed by atoms with Gasteiger partial charge in [0.1, 0.15) is 5.75 Å². The summed E-state index contributed by atoms with van der Waals surface area (Å²) in [6, 6.07) is 16.1. The second kappa shape index (κ2) is 7.42. The Hall–Kier alpha value is -2.14. The lowest BCUT2D eigenvalue weighted by Crippen LogP contribution is -2.30. The molecule has 0 bridgehead atoms. The van der Waals surface area contributed by atoms with E-state index in [1.54, 1.807) is 0 Å². The van der Waals surface area contributed by atoms with Gasteiger partial charge >= 0.3 is 0 Å². The van der Waals surface area contributed by atoms with E-state index in [9.17, 15) is 13.2 Å². The van der Waals surface area contributed by atoms with Gasteiger partial charge in [0.05, 0.1) is 0 Å². The Morgan fingerprint density at radius 3 is 2.35 bits per heavy atom. The van der Waals surface area contributed by atoms with Gasteiger partial charge in [-0.3, -0.25) is 4.79 Å². The number of carbonyl (C=O) groups is 1. The Balaban J connectivity index is 1.97. The maximum absolute atomic E-state index is 11.6. The highest BCUT2D eigenvalue weighted by molar-refractivity contribution is 7.92. The summed E-state index contributed by atoms with van der Waals surface area (Å²) in [5, 5.41) is 2.64. The molecule has 0 spiro atoms. The number of aryl methyl sites for hydroxylation is 1. The molecule has 2 rings (SSSR count). The maximum Gasteiger partial charge on any atom is 0.235 e. The molecule has 2 aromatic rings. The van der Waals surface area contributed by atoms with Crippen molar-refractivity contribution in [2.75, 3.05) is 11.5 Å². The highest BCUT2D eigenvalue weighted by atomic mass is 32.2. The van der Waals surface area contributed by atoms with Gasteiger partial charge in [-0.2, -0.15) is 0 Å². The fourth-order valence-electron chi connectivity index (χ4n) is 2.19. The topological polar surface area (TPSA) is 63.2 Å². The number of nitrogens with one attached hydrogen (secondary N) is 1. The second-order valence-corrected chi connectivity index (χ2v) is 7.87. The molecule has 23 heavy (non-hydrogen) atoms. The van der Waals surface area contributed by atoms with Crippen molar-refractivity contribution in [3.05, 3.63) is 59.7 Å². The Morgan fingerprint density at radius 1 is 1.04 bits per heavy atom. The number of hydrogen-bond donors (Lipinski definition) is 1. The van der Waals surface area contributed by atoms with Crippen LogP contribution in [0.3, 0.4) is 0 Å². The molecule has 5 heteroatoms. The summed E-state index contributed by atoms with van der Waals surface area (Å²) >= 11 is 0. The van der Waals surface area contributed by atoms with Crippen LogP contribution in [0.5, 0.6) is 0 Å².